The van der Waals surface area contributed by atoms with Gasteiger partial charge in [-0.3, -0.25) is 4.79 Å². The van der Waals surface area contributed by atoms with Crippen molar-refractivity contribution in [2.75, 3.05) is 19.0 Å². The third kappa shape index (κ3) is 2.96. The average molecular weight is 261 g/mol. The Morgan fingerprint density at radius 2 is 1.42 bits per heavy atom. The van der Waals surface area contributed by atoms with Crippen LogP contribution in [0.5, 0.6) is 0 Å². The maximum atomic E-state index is 13.1. The largest absolute Gasteiger partial charge is 0.378 e. The number of rotatable bonds is 3. The van der Waals surface area contributed by atoms with Crippen LogP contribution < -0.4 is 4.90 Å². The fraction of sp³-hybridized carbons (Fsp3) is 0.133. The molecule has 0 spiro atoms. The third-order valence-electron chi connectivity index (χ3n) is 2.77. The summed E-state index contributed by atoms with van der Waals surface area (Å²) in [5.74, 6) is -1.91. The zero-order valence-electron chi connectivity index (χ0n) is 10.7. The van der Waals surface area contributed by atoms with E-state index in [1.54, 1.807) is 24.3 Å². The van der Waals surface area contributed by atoms with Crippen molar-refractivity contribution >= 4 is 11.5 Å². The highest BCUT2D eigenvalue weighted by Gasteiger charge is 2.11. The van der Waals surface area contributed by atoms with E-state index in [9.17, 15) is 13.6 Å². The summed E-state index contributed by atoms with van der Waals surface area (Å²) in [6, 6.07) is 9.65. The quantitative estimate of drug-likeness (QED) is 0.790. The second-order valence-corrected chi connectivity index (χ2v) is 4.43. The maximum absolute atomic E-state index is 13.1. The molecule has 0 atom stereocenters. The SMILES string of the molecule is CN(C)c1ccc(C(=O)c2cc(F)cc(F)c2)cc1. The Labute approximate surface area is 110 Å². The summed E-state index contributed by atoms with van der Waals surface area (Å²) >= 11 is 0. The molecule has 2 aromatic carbocycles. The normalized spacial score (nSPS) is 10.3. The highest BCUT2D eigenvalue weighted by Crippen LogP contribution is 2.17. The number of hydrogen-bond acceptors (Lipinski definition) is 2. The lowest BCUT2D eigenvalue weighted by atomic mass is 10.0. The van der Waals surface area contributed by atoms with Crippen LogP contribution in [0.2, 0.25) is 0 Å². The Morgan fingerprint density at radius 3 is 1.89 bits per heavy atom. The van der Waals surface area contributed by atoms with Crippen LogP contribution in [0.3, 0.4) is 0 Å². The molecule has 98 valence electrons. The standard InChI is InChI=1S/C15H13F2NO/c1-18(2)14-5-3-10(4-6-14)15(19)11-7-12(16)9-13(17)8-11/h3-9H,1-2H3. The minimum Gasteiger partial charge on any atom is -0.378 e. The molecular formula is C15H13F2NO. The average Bonchev–Trinajstić information content (AvgIpc) is 2.37. The summed E-state index contributed by atoms with van der Waals surface area (Å²) in [5, 5.41) is 0. The van der Waals surface area contributed by atoms with Crippen LogP contribution >= 0.6 is 0 Å². The van der Waals surface area contributed by atoms with Crippen LogP contribution in [0.25, 0.3) is 0 Å². The topological polar surface area (TPSA) is 20.3 Å². The summed E-state index contributed by atoms with van der Waals surface area (Å²) in [4.78, 5) is 14.0. The first-order valence-electron chi connectivity index (χ1n) is 5.75. The highest BCUT2D eigenvalue weighted by molar-refractivity contribution is 6.09. The first kappa shape index (κ1) is 13.2. The van der Waals surface area contributed by atoms with E-state index in [-0.39, 0.29) is 5.56 Å². The molecule has 0 aliphatic rings. The van der Waals surface area contributed by atoms with E-state index in [1.165, 1.54) is 0 Å². The molecule has 0 unspecified atom stereocenters. The van der Waals surface area contributed by atoms with Crippen LogP contribution in [0.15, 0.2) is 42.5 Å². The number of benzene rings is 2. The van der Waals surface area contributed by atoms with Crippen molar-refractivity contribution in [3.05, 3.63) is 65.2 Å². The van der Waals surface area contributed by atoms with Crippen LogP contribution in [0.1, 0.15) is 15.9 Å². The summed E-state index contributed by atoms with van der Waals surface area (Å²) in [7, 11) is 3.78. The van der Waals surface area contributed by atoms with Crippen molar-refractivity contribution in [3.63, 3.8) is 0 Å². The van der Waals surface area contributed by atoms with Gasteiger partial charge < -0.3 is 4.90 Å². The van der Waals surface area contributed by atoms with Crippen molar-refractivity contribution in [1.29, 1.82) is 0 Å². The Balaban J connectivity index is 2.33. The van der Waals surface area contributed by atoms with Crippen LogP contribution in [0.4, 0.5) is 14.5 Å². The van der Waals surface area contributed by atoms with Gasteiger partial charge in [0.25, 0.3) is 0 Å². The first-order chi connectivity index (χ1) is 8.97. The molecule has 0 aliphatic carbocycles. The van der Waals surface area contributed by atoms with Crippen LogP contribution in [-0.2, 0) is 0 Å². The van der Waals surface area contributed by atoms with E-state index in [2.05, 4.69) is 0 Å². The molecule has 2 rings (SSSR count). The van der Waals surface area contributed by atoms with E-state index in [0.29, 0.717) is 5.56 Å². The number of anilines is 1. The van der Waals surface area contributed by atoms with Gasteiger partial charge in [0.2, 0.25) is 0 Å². The Morgan fingerprint density at radius 1 is 0.895 bits per heavy atom. The molecule has 0 saturated heterocycles. The molecule has 0 radical (unpaired) electrons. The van der Waals surface area contributed by atoms with Gasteiger partial charge in [0.1, 0.15) is 11.6 Å². The molecule has 0 amide bonds. The molecule has 4 heteroatoms. The molecule has 0 saturated carbocycles. The van der Waals surface area contributed by atoms with Crippen molar-refractivity contribution in [3.8, 4) is 0 Å². The number of hydrogen-bond donors (Lipinski definition) is 0. The minimum absolute atomic E-state index is 0.00935. The molecule has 19 heavy (non-hydrogen) atoms. The highest BCUT2D eigenvalue weighted by atomic mass is 19.1. The Hall–Kier alpha value is -2.23. The van der Waals surface area contributed by atoms with Crippen LogP contribution in [-0.4, -0.2) is 19.9 Å². The van der Waals surface area contributed by atoms with Crippen LogP contribution in [0, 0.1) is 11.6 Å². The number of carbonyl (C=O) groups excluding carboxylic acids is 1. The van der Waals surface area contributed by atoms with Gasteiger partial charge in [-0.1, -0.05) is 0 Å². The summed E-state index contributed by atoms with van der Waals surface area (Å²) in [5.41, 5.74) is 1.35. The third-order valence-corrected chi connectivity index (χ3v) is 2.77. The lowest BCUT2D eigenvalue weighted by Gasteiger charge is -2.12. The molecule has 0 aromatic heterocycles. The smallest absolute Gasteiger partial charge is 0.193 e. The van der Waals surface area contributed by atoms with E-state index in [1.807, 2.05) is 19.0 Å². The van der Waals surface area contributed by atoms with E-state index in [0.717, 1.165) is 23.9 Å². The van der Waals surface area contributed by atoms with Gasteiger partial charge >= 0.3 is 0 Å². The molecular weight excluding hydrogens is 248 g/mol. The molecule has 2 aromatic rings. The number of halogens is 2. The fourth-order valence-electron chi connectivity index (χ4n) is 1.76. The van der Waals surface area contributed by atoms with Crippen molar-refractivity contribution in [2.24, 2.45) is 0 Å². The van der Waals surface area contributed by atoms with Gasteiger partial charge in [-0.05, 0) is 36.4 Å². The minimum atomic E-state index is -0.756. The Kier molecular flexibility index (Phi) is 3.60. The lowest BCUT2D eigenvalue weighted by Crippen LogP contribution is -2.09. The van der Waals surface area contributed by atoms with Crippen molar-refractivity contribution in [1.82, 2.24) is 0 Å². The van der Waals surface area contributed by atoms with Gasteiger partial charge in [-0.15, -0.1) is 0 Å². The maximum Gasteiger partial charge on any atom is 0.193 e. The van der Waals surface area contributed by atoms with Gasteiger partial charge in [0.05, 0.1) is 0 Å². The molecule has 0 bridgehead atoms. The molecule has 0 fully saturated rings. The van der Waals surface area contributed by atoms with Gasteiger partial charge in [-0.25, -0.2) is 8.78 Å². The van der Waals surface area contributed by atoms with Crippen molar-refractivity contribution < 1.29 is 13.6 Å². The zero-order valence-corrected chi connectivity index (χ0v) is 10.7. The fourth-order valence-corrected chi connectivity index (χ4v) is 1.76. The molecule has 0 N–H and O–H groups in total. The lowest BCUT2D eigenvalue weighted by molar-refractivity contribution is 0.103. The Bertz CT molecular complexity index is 586. The monoisotopic (exact) mass is 261 g/mol. The predicted octanol–water partition coefficient (Wildman–Crippen LogP) is 3.26. The second kappa shape index (κ2) is 5.18. The molecule has 2 nitrogen and oxygen atoms in total. The van der Waals surface area contributed by atoms with E-state index < -0.39 is 17.4 Å². The summed E-state index contributed by atoms with van der Waals surface area (Å²) in [6.45, 7) is 0. The number of carbonyl (C=O) groups is 1. The van der Waals surface area contributed by atoms with Gasteiger partial charge in [0, 0.05) is 37.0 Å². The number of nitrogens with zero attached hydrogens (tertiary/aromatic N) is 1. The molecule has 0 heterocycles. The predicted molar refractivity (Wildman–Crippen MR) is 70.6 cm³/mol. The van der Waals surface area contributed by atoms with E-state index >= 15 is 0 Å². The van der Waals surface area contributed by atoms with Crippen molar-refractivity contribution in [2.45, 2.75) is 0 Å². The first-order valence-corrected chi connectivity index (χ1v) is 5.75. The zero-order chi connectivity index (χ0) is 14.0. The van der Waals surface area contributed by atoms with Gasteiger partial charge in [-0.2, -0.15) is 0 Å². The summed E-state index contributed by atoms with van der Waals surface area (Å²) < 4.78 is 26.2. The number of ketones is 1. The van der Waals surface area contributed by atoms with Gasteiger partial charge in [0.15, 0.2) is 5.78 Å². The second-order valence-electron chi connectivity index (χ2n) is 4.43. The van der Waals surface area contributed by atoms with E-state index in [4.69, 9.17) is 0 Å². The molecule has 0 aliphatic heterocycles. The summed E-state index contributed by atoms with van der Waals surface area (Å²) in [6.07, 6.45) is 0.